The van der Waals surface area contributed by atoms with E-state index in [1.54, 1.807) is 0 Å². The molecule has 4 heteroatoms. The first-order valence-electron chi connectivity index (χ1n) is 6.62. The lowest BCUT2D eigenvalue weighted by Crippen LogP contribution is -2.25. The van der Waals surface area contributed by atoms with E-state index >= 15 is 0 Å². The van der Waals surface area contributed by atoms with Crippen molar-refractivity contribution in [2.75, 3.05) is 31.3 Å². The van der Waals surface area contributed by atoms with Crippen LogP contribution in [0.1, 0.15) is 5.56 Å². The lowest BCUT2D eigenvalue weighted by atomic mass is 10.1. The Morgan fingerprint density at radius 2 is 2.26 bits per heavy atom. The van der Waals surface area contributed by atoms with E-state index in [-0.39, 0.29) is 0 Å². The Hall–Kier alpha value is -1.26. The van der Waals surface area contributed by atoms with Gasteiger partial charge in [0.05, 0.1) is 5.52 Å². The predicted octanol–water partition coefficient (Wildman–Crippen LogP) is 2.93. The third-order valence-corrected chi connectivity index (χ3v) is 4.40. The molecular formula is C15H18N2OS. The lowest BCUT2D eigenvalue weighted by Gasteiger charge is -2.14. The molecule has 0 saturated carbocycles. The number of pyridine rings is 1. The summed E-state index contributed by atoms with van der Waals surface area (Å²) in [6.45, 7) is 4.98. The number of ether oxygens (including phenoxy) is 1. The van der Waals surface area contributed by atoms with Gasteiger partial charge in [-0.3, -0.25) is 4.90 Å². The van der Waals surface area contributed by atoms with Crippen LogP contribution in [0.4, 0.5) is 0 Å². The molecule has 2 heterocycles. The molecule has 1 aromatic heterocycles. The van der Waals surface area contributed by atoms with Crippen LogP contribution in [0.25, 0.3) is 10.9 Å². The minimum atomic E-state index is 0.714. The van der Waals surface area contributed by atoms with E-state index in [0.717, 1.165) is 23.8 Å². The molecule has 1 aliphatic heterocycles. The second-order valence-corrected chi connectivity index (χ2v) is 5.87. The number of benzene rings is 1. The van der Waals surface area contributed by atoms with Crippen LogP contribution in [0.2, 0.25) is 0 Å². The maximum absolute atomic E-state index is 5.79. The fourth-order valence-corrected chi connectivity index (χ4v) is 3.33. The van der Waals surface area contributed by atoms with E-state index in [0.29, 0.717) is 6.61 Å². The first kappa shape index (κ1) is 12.8. The first-order valence-corrected chi connectivity index (χ1v) is 7.78. The monoisotopic (exact) mass is 274 g/mol. The van der Waals surface area contributed by atoms with Crippen molar-refractivity contribution >= 4 is 22.7 Å². The Labute approximate surface area is 118 Å². The number of fused-ring (bicyclic) bond motifs is 1. The summed E-state index contributed by atoms with van der Waals surface area (Å²) in [5.41, 5.74) is 2.23. The van der Waals surface area contributed by atoms with Crippen molar-refractivity contribution < 1.29 is 4.74 Å². The van der Waals surface area contributed by atoms with Crippen LogP contribution in [0.15, 0.2) is 30.3 Å². The molecule has 0 N–H and O–H groups in total. The Morgan fingerprint density at radius 3 is 3.11 bits per heavy atom. The van der Waals surface area contributed by atoms with Gasteiger partial charge in [0.2, 0.25) is 5.88 Å². The Balaban J connectivity index is 1.67. The zero-order valence-corrected chi connectivity index (χ0v) is 11.9. The molecule has 3 nitrogen and oxygen atoms in total. The molecule has 0 spiro atoms. The number of nitrogens with zero attached hydrogens (tertiary/aromatic N) is 2. The number of aromatic nitrogens is 1. The molecule has 1 aromatic carbocycles. The number of hydrogen-bond donors (Lipinski definition) is 0. The predicted molar refractivity (Wildman–Crippen MR) is 80.9 cm³/mol. The summed E-state index contributed by atoms with van der Waals surface area (Å²) in [6, 6.07) is 10.2. The van der Waals surface area contributed by atoms with Gasteiger partial charge >= 0.3 is 0 Å². The van der Waals surface area contributed by atoms with E-state index in [9.17, 15) is 0 Å². The van der Waals surface area contributed by atoms with Crippen LogP contribution in [-0.4, -0.2) is 41.2 Å². The SMILES string of the molecule is Cc1cc(OCCN2CCSC2)nc2ccccc12. The number of hydrogen-bond acceptors (Lipinski definition) is 4. The summed E-state index contributed by atoms with van der Waals surface area (Å²) in [5.74, 6) is 3.11. The van der Waals surface area contributed by atoms with Gasteiger partial charge in [0.25, 0.3) is 0 Å². The van der Waals surface area contributed by atoms with E-state index in [4.69, 9.17) is 4.74 Å². The molecule has 100 valence electrons. The van der Waals surface area contributed by atoms with Crippen LogP contribution in [-0.2, 0) is 0 Å². The smallest absolute Gasteiger partial charge is 0.214 e. The molecule has 0 aliphatic carbocycles. The third-order valence-electron chi connectivity index (χ3n) is 3.38. The summed E-state index contributed by atoms with van der Waals surface area (Å²) in [5, 5.41) is 1.20. The van der Waals surface area contributed by atoms with Crippen molar-refractivity contribution in [2.24, 2.45) is 0 Å². The van der Waals surface area contributed by atoms with E-state index < -0.39 is 0 Å². The van der Waals surface area contributed by atoms with Gasteiger partial charge in [-0.05, 0) is 18.6 Å². The Kier molecular flexibility index (Phi) is 3.89. The van der Waals surface area contributed by atoms with Crippen molar-refractivity contribution in [3.63, 3.8) is 0 Å². The van der Waals surface area contributed by atoms with Crippen molar-refractivity contribution in [3.8, 4) is 5.88 Å². The van der Waals surface area contributed by atoms with Gasteiger partial charge < -0.3 is 4.74 Å². The fourth-order valence-electron chi connectivity index (χ4n) is 2.30. The van der Waals surface area contributed by atoms with Crippen LogP contribution in [0, 0.1) is 6.92 Å². The van der Waals surface area contributed by atoms with Gasteiger partial charge in [-0.1, -0.05) is 18.2 Å². The lowest BCUT2D eigenvalue weighted by molar-refractivity contribution is 0.239. The van der Waals surface area contributed by atoms with Crippen molar-refractivity contribution in [2.45, 2.75) is 6.92 Å². The molecule has 19 heavy (non-hydrogen) atoms. The number of aryl methyl sites for hydroxylation is 1. The van der Waals surface area contributed by atoms with E-state index in [1.807, 2.05) is 36.0 Å². The quantitative estimate of drug-likeness (QED) is 0.856. The normalized spacial score (nSPS) is 16.1. The molecule has 1 fully saturated rings. The highest BCUT2D eigenvalue weighted by atomic mass is 32.2. The van der Waals surface area contributed by atoms with Crippen molar-refractivity contribution in [1.82, 2.24) is 9.88 Å². The van der Waals surface area contributed by atoms with Gasteiger partial charge in [-0.2, -0.15) is 0 Å². The number of para-hydroxylation sites is 1. The number of thioether (sulfide) groups is 1. The third kappa shape index (κ3) is 3.01. The zero-order valence-electron chi connectivity index (χ0n) is 11.1. The zero-order chi connectivity index (χ0) is 13.1. The highest BCUT2D eigenvalue weighted by Gasteiger charge is 2.11. The van der Waals surface area contributed by atoms with Crippen molar-refractivity contribution in [1.29, 1.82) is 0 Å². The average Bonchev–Trinajstić information content (AvgIpc) is 2.92. The molecule has 0 radical (unpaired) electrons. The summed E-state index contributed by atoms with van der Waals surface area (Å²) in [6.07, 6.45) is 0. The molecule has 1 saturated heterocycles. The molecule has 0 unspecified atom stereocenters. The van der Waals surface area contributed by atoms with E-state index in [1.165, 1.54) is 23.2 Å². The average molecular weight is 274 g/mol. The number of rotatable bonds is 4. The molecule has 2 aromatic rings. The van der Waals surface area contributed by atoms with Crippen LogP contribution >= 0.6 is 11.8 Å². The largest absolute Gasteiger partial charge is 0.476 e. The first-order chi connectivity index (χ1) is 9.33. The van der Waals surface area contributed by atoms with Crippen LogP contribution in [0.3, 0.4) is 0 Å². The van der Waals surface area contributed by atoms with Gasteiger partial charge in [-0.15, -0.1) is 11.8 Å². The van der Waals surface area contributed by atoms with Gasteiger partial charge in [0, 0.05) is 36.2 Å². The van der Waals surface area contributed by atoms with E-state index in [2.05, 4.69) is 22.9 Å². The molecule has 0 amide bonds. The second-order valence-electron chi connectivity index (χ2n) is 4.80. The Bertz CT molecular complexity index is 567. The summed E-state index contributed by atoms with van der Waals surface area (Å²) < 4.78 is 5.79. The van der Waals surface area contributed by atoms with Gasteiger partial charge in [0.1, 0.15) is 6.61 Å². The molecular weight excluding hydrogens is 256 g/mol. The van der Waals surface area contributed by atoms with Crippen LogP contribution < -0.4 is 4.74 Å². The summed E-state index contributed by atoms with van der Waals surface area (Å²) in [7, 11) is 0. The summed E-state index contributed by atoms with van der Waals surface area (Å²) in [4.78, 5) is 6.97. The Morgan fingerprint density at radius 1 is 1.37 bits per heavy atom. The summed E-state index contributed by atoms with van der Waals surface area (Å²) >= 11 is 1.99. The molecule has 1 aliphatic rings. The van der Waals surface area contributed by atoms with Gasteiger partial charge in [-0.25, -0.2) is 4.98 Å². The molecule has 0 bridgehead atoms. The maximum atomic E-state index is 5.79. The highest BCUT2D eigenvalue weighted by molar-refractivity contribution is 7.99. The minimum Gasteiger partial charge on any atom is -0.476 e. The van der Waals surface area contributed by atoms with Gasteiger partial charge in [0.15, 0.2) is 0 Å². The second kappa shape index (κ2) is 5.80. The van der Waals surface area contributed by atoms with Crippen molar-refractivity contribution in [3.05, 3.63) is 35.9 Å². The van der Waals surface area contributed by atoms with Crippen LogP contribution in [0.5, 0.6) is 5.88 Å². The fraction of sp³-hybridized carbons (Fsp3) is 0.400. The minimum absolute atomic E-state index is 0.714. The maximum Gasteiger partial charge on any atom is 0.214 e. The topological polar surface area (TPSA) is 25.4 Å². The standard InChI is InChI=1S/C15H18N2OS/c1-12-10-15(16-14-5-3-2-4-13(12)14)18-8-6-17-7-9-19-11-17/h2-5,10H,6-9,11H2,1H3. The highest BCUT2D eigenvalue weighted by Crippen LogP contribution is 2.21. The molecule has 3 rings (SSSR count). The molecule has 0 atom stereocenters.